The van der Waals surface area contributed by atoms with Crippen LogP contribution in [-0.4, -0.2) is 21.4 Å². The first-order chi connectivity index (χ1) is 6.33. The van der Waals surface area contributed by atoms with Crippen LogP contribution in [0.5, 0.6) is 0 Å². The van der Waals surface area contributed by atoms with Crippen LogP contribution < -0.4 is 5.32 Å². The molecular weight excluding hydrogens is 164 g/mol. The molecule has 2 heterocycles. The van der Waals surface area contributed by atoms with Crippen LogP contribution in [0.4, 0.5) is 0 Å². The van der Waals surface area contributed by atoms with E-state index in [1.807, 2.05) is 20.2 Å². The van der Waals surface area contributed by atoms with Crippen LogP contribution in [0.3, 0.4) is 0 Å². The summed E-state index contributed by atoms with van der Waals surface area (Å²) in [5.74, 6) is 0. The first-order valence-corrected chi connectivity index (χ1v) is 4.25. The fourth-order valence-corrected chi connectivity index (χ4v) is 1.46. The molecular formula is C9H12N4. The van der Waals surface area contributed by atoms with Crippen molar-refractivity contribution in [2.24, 2.45) is 0 Å². The highest BCUT2D eigenvalue weighted by molar-refractivity contribution is 5.40. The Labute approximate surface area is 76.6 Å². The van der Waals surface area contributed by atoms with E-state index in [-0.39, 0.29) is 0 Å². The summed E-state index contributed by atoms with van der Waals surface area (Å²) < 4.78 is 2.05. The third-order valence-corrected chi connectivity index (χ3v) is 2.07. The lowest BCUT2D eigenvalue weighted by molar-refractivity contribution is 0.774. The fourth-order valence-electron chi connectivity index (χ4n) is 1.46. The Bertz CT molecular complexity index is 418. The highest BCUT2D eigenvalue weighted by Crippen LogP contribution is 2.09. The number of rotatable bonds is 2. The number of aryl methyl sites for hydroxylation is 1. The molecule has 0 spiro atoms. The van der Waals surface area contributed by atoms with Crippen molar-refractivity contribution in [2.75, 3.05) is 7.05 Å². The number of imidazole rings is 1. The van der Waals surface area contributed by atoms with E-state index in [0.29, 0.717) is 0 Å². The lowest BCUT2D eigenvalue weighted by Gasteiger charge is -2.00. The van der Waals surface area contributed by atoms with Gasteiger partial charge >= 0.3 is 0 Å². The molecule has 68 valence electrons. The summed E-state index contributed by atoms with van der Waals surface area (Å²) >= 11 is 0. The van der Waals surface area contributed by atoms with E-state index in [4.69, 9.17) is 0 Å². The molecule has 2 rings (SSSR count). The Morgan fingerprint density at radius 1 is 1.54 bits per heavy atom. The highest BCUT2D eigenvalue weighted by Gasteiger charge is 2.05. The Kier molecular flexibility index (Phi) is 1.98. The van der Waals surface area contributed by atoms with E-state index in [0.717, 1.165) is 17.9 Å². The molecule has 13 heavy (non-hydrogen) atoms. The van der Waals surface area contributed by atoms with Gasteiger partial charge in [-0.3, -0.25) is 9.38 Å². The molecule has 0 saturated heterocycles. The van der Waals surface area contributed by atoms with Crippen LogP contribution in [0.15, 0.2) is 18.6 Å². The minimum atomic E-state index is 0.830. The van der Waals surface area contributed by atoms with E-state index in [2.05, 4.69) is 19.7 Å². The monoisotopic (exact) mass is 176 g/mol. The predicted octanol–water partition coefficient (Wildman–Crippen LogP) is 0.757. The van der Waals surface area contributed by atoms with Crippen molar-refractivity contribution in [2.45, 2.75) is 13.5 Å². The smallest absolute Gasteiger partial charge is 0.155 e. The zero-order valence-electron chi connectivity index (χ0n) is 7.78. The quantitative estimate of drug-likeness (QED) is 0.734. The second-order valence-electron chi connectivity index (χ2n) is 2.98. The van der Waals surface area contributed by atoms with Gasteiger partial charge in [-0.05, 0) is 14.0 Å². The van der Waals surface area contributed by atoms with Crippen LogP contribution >= 0.6 is 0 Å². The van der Waals surface area contributed by atoms with E-state index >= 15 is 0 Å². The molecule has 0 aromatic carbocycles. The predicted molar refractivity (Wildman–Crippen MR) is 50.5 cm³/mol. The summed E-state index contributed by atoms with van der Waals surface area (Å²) in [4.78, 5) is 8.42. The Balaban J connectivity index is 2.64. The lowest BCUT2D eigenvalue weighted by atomic mass is 10.3. The van der Waals surface area contributed by atoms with Crippen molar-refractivity contribution in [1.82, 2.24) is 19.7 Å². The molecule has 2 aromatic rings. The van der Waals surface area contributed by atoms with Crippen molar-refractivity contribution >= 4 is 5.65 Å². The molecule has 0 aliphatic carbocycles. The average molecular weight is 176 g/mol. The maximum absolute atomic E-state index is 4.39. The summed E-state index contributed by atoms with van der Waals surface area (Å²) in [6.45, 7) is 2.84. The average Bonchev–Trinajstić information content (AvgIpc) is 2.44. The lowest BCUT2D eigenvalue weighted by Crippen LogP contribution is -2.08. The zero-order valence-corrected chi connectivity index (χ0v) is 7.78. The molecule has 0 aliphatic rings. The molecule has 4 heteroatoms. The molecule has 1 N–H and O–H groups in total. The van der Waals surface area contributed by atoms with Crippen molar-refractivity contribution in [1.29, 1.82) is 0 Å². The third kappa shape index (κ3) is 1.29. The van der Waals surface area contributed by atoms with Gasteiger partial charge in [-0.15, -0.1) is 0 Å². The van der Waals surface area contributed by atoms with Gasteiger partial charge in [0, 0.05) is 18.9 Å². The van der Waals surface area contributed by atoms with Crippen LogP contribution in [0, 0.1) is 6.92 Å². The molecule has 2 aromatic heterocycles. The van der Waals surface area contributed by atoms with Crippen molar-refractivity contribution in [3.8, 4) is 0 Å². The van der Waals surface area contributed by atoms with Gasteiger partial charge in [-0.2, -0.15) is 0 Å². The van der Waals surface area contributed by atoms with Crippen LogP contribution in [0.25, 0.3) is 5.65 Å². The Hall–Kier alpha value is -1.42. The van der Waals surface area contributed by atoms with Crippen molar-refractivity contribution in [3.63, 3.8) is 0 Å². The SMILES string of the molecule is CNCc1c(C)nc2cnccn12. The molecule has 0 bridgehead atoms. The number of fused-ring (bicyclic) bond motifs is 1. The molecule has 4 nitrogen and oxygen atoms in total. The number of nitrogens with one attached hydrogen (secondary N) is 1. The second kappa shape index (κ2) is 3.14. The van der Waals surface area contributed by atoms with Gasteiger partial charge in [0.15, 0.2) is 5.65 Å². The van der Waals surface area contributed by atoms with Crippen LogP contribution in [0.1, 0.15) is 11.4 Å². The fraction of sp³-hybridized carbons (Fsp3) is 0.333. The molecule has 0 radical (unpaired) electrons. The van der Waals surface area contributed by atoms with Gasteiger partial charge in [0.25, 0.3) is 0 Å². The Morgan fingerprint density at radius 3 is 3.15 bits per heavy atom. The normalized spacial score (nSPS) is 10.9. The molecule has 0 fully saturated rings. The summed E-state index contributed by atoms with van der Waals surface area (Å²) in [5.41, 5.74) is 3.16. The number of aromatic nitrogens is 3. The molecule has 0 saturated carbocycles. The summed E-state index contributed by atoms with van der Waals surface area (Å²) in [7, 11) is 1.93. The van der Waals surface area contributed by atoms with E-state index < -0.39 is 0 Å². The first-order valence-electron chi connectivity index (χ1n) is 4.25. The third-order valence-electron chi connectivity index (χ3n) is 2.07. The van der Waals surface area contributed by atoms with Crippen LogP contribution in [-0.2, 0) is 6.54 Å². The molecule has 0 aliphatic heterocycles. The molecule has 0 amide bonds. The number of nitrogens with zero attached hydrogens (tertiary/aromatic N) is 3. The van der Waals surface area contributed by atoms with Gasteiger partial charge in [-0.1, -0.05) is 0 Å². The summed E-state index contributed by atoms with van der Waals surface area (Å²) in [6, 6.07) is 0. The zero-order chi connectivity index (χ0) is 9.26. The second-order valence-corrected chi connectivity index (χ2v) is 2.98. The number of hydrogen-bond donors (Lipinski definition) is 1. The van der Waals surface area contributed by atoms with Gasteiger partial charge in [0.05, 0.1) is 17.6 Å². The number of hydrogen-bond acceptors (Lipinski definition) is 3. The Morgan fingerprint density at radius 2 is 2.38 bits per heavy atom. The van der Waals surface area contributed by atoms with Crippen molar-refractivity contribution in [3.05, 3.63) is 30.0 Å². The minimum Gasteiger partial charge on any atom is -0.314 e. The maximum Gasteiger partial charge on any atom is 0.155 e. The largest absolute Gasteiger partial charge is 0.314 e. The van der Waals surface area contributed by atoms with Gasteiger partial charge in [0.2, 0.25) is 0 Å². The van der Waals surface area contributed by atoms with Gasteiger partial charge in [-0.25, -0.2) is 4.98 Å². The minimum absolute atomic E-state index is 0.830. The summed E-state index contributed by atoms with van der Waals surface area (Å²) in [5, 5.41) is 3.12. The molecule has 0 unspecified atom stereocenters. The topological polar surface area (TPSA) is 42.2 Å². The van der Waals surface area contributed by atoms with E-state index in [1.165, 1.54) is 5.69 Å². The summed E-state index contributed by atoms with van der Waals surface area (Å²) in [6.07, 6.45) is 5.47. The molecule has 0 atom stereocenters. The van der Waals surface area contributed by atoms with Crippen LogP contribution in [0.2, 0.25) is 0 Å². The maximum atomic E-state index is 4.39. The van der Waals surface area contributed by atoms with Gasteiger partial charge < -0.3 is 5.32 Å². The van der Waals surface area contributed by atoms with E-state index in [1.54, 1.807) is 12.4 Å². The van der Waals surface area contributed by atoms with Crippen molar-refractivity contribution < 1.29 is 0 Å². The van der Waals surface area contributed by atoms with E-state index in [9.17, 15) is 0 Å². The van der Waals surface area contributed by atoms with Gasteiger partial charge in [0.1, 0.15) is 0 Å². The first kappa shape index (κ1) is 8.19. The standard InChI is InChI=1S/C9H12N4/c1-7-8(5-10-2)13-4-3-11-6-9(13)12-7/h3-4,6,10H,5H2,1-2H3. The highest BCUT2D eigenvalue weighted by atomic mass is 15.1.